The first-order valence-corrected chi connectivity index (χ1v) is 4.24. The molecule has 0 aromatic heterocycles. The molecule has 0 heterocycles. The summed E-state index contributed by atoms with van der Waals surface area (Å²) in [6.45, 7) is 0. The van der Waals surface area contributed by atoms with Gasteiger partial charge in [0, 0.05) is 51.4 Å². The van der Waals surface area contributed by atoms with Crippen molar-refractivity contribution in [1.29, 1.82) is 0 Å². The van der Waals surface area contributed by atoms with E-state index in [1.54, 1.807) is 0 Å². The molecule has 4 heavy (non-hydrogen) atoms. The summed E-state index contributed by atoms with van der Waals surface area (Å²) in [6, 6.07) is 0. The standard InChI is InChI=1S/2ClH.K.Pd/h2*1H;;/q;;;+2/p-2. The molecule has 1 radical (unpaired) electrons. The van der Waals surface area contributed by atoms with E-state index in [-0.39, 0.29) is 67.3 Å². The Kier molecular flexibility index (Phi) is 23.2. The zero-order valence-electron chi connectivity index (χ0n) is 2.07. The Hall–Kier alpha value is 2.88. The molecule has 0 rings (SSSR count). The fourth-order valence-corrected chi connectivity index (χ4v) is 0. The minimum absolute atomic E-state index is 0. The summed E-state index contributed by atoms with van der Waals surface area (Å²) in [7, 11) is 9.63. The van der Waals surface area contributed by atoms with Crippen LogP contribution in [0, 0.1) is 0 Å². The summed E-state index contributed by atoms with van der Waals surface area (Å²) in [5.41, 5.74) is 0. The van der Waals surface area contributed by atoms with Gasteiger partial charge < -0.3 is 0 Å². The van der Waals surface area contributed by atoms with E-state index >= 15 is 0 Å². The van der Waals surface area contributed by atoms with Gasteiger partial charge in [-0.15, -0.1) is 0 Å². The zero-order chi connectivity index (χ0) is 2.71. The second kappa shape index (κ2) is 9.30. The van der Waals surface area contributed by atoms with E-state index in [1.165, 1.54) is 0 Å². The van der Waals surface area contributed by atoms with E-state index in [2.05, 4.69) is 0 Å². The minimum atomic E-state index is -0.106. The predicted molar refractivity (Wildman–Crippen MR) is 17.5 cm³/mol. The normalized spacial score (nSPS) is 5.50. The van der Waals surface area contributed by atoms with Gasteiger partial charge in [-0.1, -0.05) is 0 Å². The summed E-state index contributed by atoms with van der Waals surface area (Å²) in [4.78, 5) is 0. The molecule has 0 spiro atoms. The van der Waals surface area contributed by atoms with Crippen molar-refractivity contribution >= 4 is 70.4 Å². The second-order valence-electron chi connectivity index (χ2n) is 0.0452. The van der Waals surface area contributed by atoms with E-state index in [4.69, 9.17) is 19.1 Å². The molecule has 0 atom stereocenters. The fourth-order valence-electron chi connectivity index (χ4n) is 0. The van der Waals surface area contributed by atoms with E-state index in [0.29, 0.717) is 0 Å². The Balaban J connectivity index is 0. The number of hydrogen-bond donors (Lipinski definition) is 0. The van der Waals surface area contributed by atoms with Crippen LogP contribution in [0.5, 0.6) is 0 Å². The summed E-state index contributed by atoms with van der Waals surface area (Å²) >= 11 is -0.106. The SMILES string of the molecule is [Cl][Pd][Cl].[K]. The van der Waals surface area contributed by atoms with Crippen LogP contribution in [0.15, 0.2) is 0 Å². The molecule has 0 fully saturated rings. The molecule has 0 aliphatic carbocycles. The summed E-state index contributed by atoms with van der Waals surface area (Å²) in [5.74, 6) is 0. The monoisotopic (exact) mass is 215 g/mol. The van der Waals surface area contributed by atoms with E-state index in [0.717, 1.165) is 0 Å². The zero-order valence-corrected chi connectivity index (χ0v) is 8.26. The Morgan fingerprint density at radius 3 is 1.25 bits per heavy atom. The third-order valence-corrected chi connectivity index (χ3v) is 0. The van der Waals surface area contributed by atoms with Gasteiger partial charge in [-0.3, -0.25) is 0 Å². The van der Waals surface area contributed by atoms with Crippen LogP contribution in [-0.4, -0.2) is 51.4 Å². The molecule has 0 aromatic carbocycles. The van der Waals surface area contributed by atoms with Crippen molar-refractivity contribution in [3.63, 3.8) is 0 Å². The molecule has 0 aliphatic heterocycles. The molecule has 0 amide bonds. The van der Waals surface area contributed by atoms with Crippen molar-refractivity contribution in [3.05, 3.63) is 0 Å². The van der Waals surface area contributed by atoms with Crippen molar-refractivity contribution in [1.82, 2.24) is 0 Å². The van der Waals surface area contributed by atoms with Crippen LogP contribution in [0.4, 0.5) is 0 Å². The molecule has 0 N–H and O–H groups in total. The molecule has 0 aliphatic rings. The molecular weight excluding hydrogens is 216 g/mol. The predicted octanol–water partition coefficient (Wildman–Crippen LogP) is 0.996. The summed E-state index contributed by atoms with van der Waals surface area (Å²) < 4.78 is 0. The smallest absolute Gasteiger partial charge is 0 e. The maximum Gasteiger partial charge on any atom is 0 e. The molecular formula is Cl2KPd. The van der Waals surface area contributed by atoms with Crippen molar-refractivity contribution in [2.45, 2.75) is 0 Å². The van der Waals surface area contributed by atoms with Gasteiger partial charge in [0.05, 0.1) is 0 Å². The van der Waals surface area contributed by atoms with Gasteiger partial charge in [0.2, 0.25) is 0 Å². The Bertz CT molecular complexity index is 6.00. The van der Waals surface area contributed by atoms with Gasteiger partial charge in [-0.25, -0.2) is 0 Å². The Labute approximate surface area is 84.1 Å². The molecule has 0 bridgehead atoms. The van der Waals surface area contributed by atoms with E-state index in [1.807, 2.05) is 0 Å². The maximum absolute atomic E-state index is 4.81. The minimum Gasteiger partial charge on any atom is 0 e. The quantitative estimate of drug-likeness (QED) is 0.530. The van der Waals surface area contributed by atoms with Crippen LogP contribution in [-0.2, 0) is 15.9 Å². The number of halogens is 2. The van der Waals surface area contributed by atoms with Crippen LogP contribution < -0.4 is 0 Å². The van der Waals surface area contributed by atoms with Gasteiger partial charge in [0.15, 0.2) is 0 Å². The van der Waals surface area contributed by atoms with Gasteiger partial charge in [-0.2, -0.15) is 0 Å². The van der Waals surface area contributed by atoms with Crippen molar-refractivity contribution in [2.24, 2.45) is 0 Å². The summed E-state index contributed by atoms with van der Waals surface area (Å²) in [5, 5.41) is 0. The first kappa shape index (κ1) is 9.99. The van der Waals surface area contributed by atoms with Crippen LogP contribution in [0.2, 0.25) is 0 Å². The fraction of sp³-hybridized carbons (Fsp3) is 0. The van der Waals surface area contributed by atoms with Gasteiger partial charge in [0.25, 0.3) is 0 Å². The largest absolute Gasteiger partial charge is 0 e. The van der Waals surface area contributed by atoms with Crippen molar-refractivity contribution < 1.29 is 15.9 Å². The van der Waals surface area contributed by atoms with Crippen LogP contribution in [0.25, 0.3) is 0 Å². The number of rotatable bonds is 0. The van der Waals surface area contributed by atoms with Crippen LogP contribution in [0.1, 0.15) is 0 Å². The average molecular weight is 216 g/mol. The molecule has 0 nitrogen and oxygen atoms in total. The van der Waals surface area contributed by atoms with E-state index < -0.39 is 0 Å². The topological polar surface area (TPSA) is 0 Å². The molecule has 4 heteroatoms. The molecule has 0 aromatic rings. The van der Waals surface area contributed by atoms with Gasteiger partial charge >= 0.3 is 35.0 Å². The van der Waals surface area contributed by atoms with Gasteiger partial charge in [-0.05, 0) is 0 Å². The molecule has 0 saturated carbocycles. The van der Waals surface area contributed by atoms with Gasteiger partial charge in [0.1, 0.15) is 0 Å². The van der Waals surface area contributed by atoms with Crippen LogP contribution in [0.3, 0.4) is 0 Å². The summed E-state index contributed by atoms with van der Waals surface area (Å²) in [6.07, 6.45) is 0. The Morgan fingerprint density at radius 2 is 1.25 bits per heavy atom. The van der Waals surface area contributed by atoms with Crippen molar-refractivity contribution in [3.8, 4) is 0 Å². The Morgan fingerprint density at radius 1 is 1.25 bits per heavy atom. The molecule has 25 valence electrons. The third kappa shape index (κ3) is 8.86. The number of hydrogen-bond acceptors (Lipinski definition) is 0. The molecule has 0 saturated heterocycles. The van der Waals surface area contributed by atoms with Crippen LogP contribution >= 0.6 is 19.1 Å². The maximum atomic E-state index is 4.81. The first-order chi connectivity index (χ1) is 1.41. The molecule has 0 unspecified atom stereocenters. The van der Waals surface area contributed by atoms with E-state index in [9.17, 15) is 0 Å². The first-order valence-electron chi connectivity index (χ1n) is 0.239. The average Bonchev–Trinajstić information content (AvgIpc) is 0.918. The third-order valence-electron chi connectivity index (χ3n) is 0. The second-order valence-corrected chi connectivity index (χ2v) is 2.41. The van der Waals surface area contributed by atoms with Crippen molar-refractivity contribution in [2.75, 3.05) is 0 Å².